The highest BCUT2D eigenvalue weighted by Crippen LogP contribution is 2.28. The molecule has 2 amide bonds. The molecule has 0 spiro atoms. The van der Waals surface area contributed by atoms with E-state index in [-0.39, 0.29) is 36.7 Å². The number of rotatable bonds is 11. The molecule has 0 unspecified atom stereocenters. The van der Waals surface area contributed by atoms with Crippen molar-refractivity contribution in [3.8, 4) is 5.75 Å². The Labute approximate surface area is 224 Å². The molecule has 8 heteroatoms. The molecule has 1 atom stereocenters. The second-order valence-electron chi connectivity index (χ2n) is 8.86. The molecule has 0 aliphatic heterocycles. The van der Waals surface area contributed by atoms with E-state index in [0.717, 1.165) is 10.0 Å². The van der Waals surface area contributed by atoms with Crippen LogP contribution < -0.4 is 10.1 Å². The Balaban J connectivity index is 1.90. The fourth-order valence-electron chi connectivity index (χ4n) is 3.58. The van der Waals surface area contributed by atoms with Gasteiger partial charge in [0.1, 0.15) is 17.6 Å². The fourth-order valence-corrected chi connectivity index (χ4v) is 4.31. The highest BCUT2D eigenvalue weighted by Gasteiger charge is 2.31. The van der Waals surface area contributed by atoms with Crippen LogP contribution in [0.25, 0.3) is 0 Å². The first-order valence-electron chi connectivity index (χ1n) is 11.7. The molecule has 0 heterocycles. The molecule has 0 fully saturated rings. The van der Waals surface area contributed by atoms with Crippen molar-refractivity contribution in [2.24, 2.45) is 5.92 Å². The summed E-state index contributed by atoms with van der Waals surface area (Å²) in [5.41, 5.74) is 1.61. The number of nitrogens with one attached hydrogen (secondary N) is 1. The van der Waals surface area contributed by atoms with E-state index >= 15 is 0 Å². The topological polar surface area (TPSA) is 58.6 Å². The first-order chi connectivity index (χ1) is 17.2. The molecule has 0 radical (unpaired) electrons. The van der Waals surface area contributed by atoms with Crippen molar-refractivity contribution in [3.05, 3.63) is 99.2 Å². The molecule has 0 aliphatic rings. The monoisotopic (exact) mass is 574 g/mol. The van der Waals surface area contributed by atoms with Gasteiger partial charge >= 0.3 is 0 Å². The minimum absolute atomic E-state index is 0.114. The Kier molecular flexibility index (Phi) is 10.3. The van der Waals surface area contributed by atoms with Crippen LogP contribution in [0.1, 0.15) is 25.0 Å². The van der Waals surface area contributed by atoms with Gasteiger partial charge in [-0.05, 0) is 47.4 Å². The highest BCUT2D eigenvalue weighted by atomic mass is 79.9. The van der Waals surface area contributed by atoms with E-state index in [2.05, 4.69) is 21.2 Å². The Morgan fingerprint density at radius 2 is 1.72 bits per heavy atom. The second-order valence-corrected chi connectivity index (χ2v) is 10.2. The van der Waals surface area contributed by atoms with Crippen molar-refractivity contribution < 1.29 is 18.7 Å². The molecular weight excluding hydrogens is 547 g/mol. The Bertz CT molecular complexity index is 1160. The summed E-state index contributed by atoms with van der Waals surface area (Å²) in [5.74, 6) is -0.418. The van der Waals surface area contributed by atoms with Gasteiger partial charge in [0.25, 0.3) is 5.91 Å². The van der Waals surface area contributed by atoms with Crippen LogP contribution >= 0.6 is 27.5 Å². The Morgan fingerprint density at radius 1 is 1.03 bits per heavy atom. The molecule has 3 aromatic rings. The predicted molar refractivity (Wildman–Crippen MR) is 143 cm³/mol. The zero-order valence-corrected chi connectivity index (χ0v) is 22.6. The lowest BCUT2D eigenvalue weighted by Gasteiger charge is -2.31. The first kappa shape index (κ1) is 27.7. The van der Waals surface area contributed by atoms with Gasteiger partial charge in [-0.25, -0.2) is 4.39 Å². The zero-order chi connectivity index (χ0) is 26.1. The van der Waals surface area contributed by atoms with E-state index in [1.807, 2.05) is 44.2 Å². The van der Waals surface area contributed by atoms with Crippen LogP contribution in [0.5, 0.6) is 5.75 Å². The minimum atomic E-state index is -0.798. The average molecular weight is 576 g/mol. The van der Waals surface area contributed by atoms with Crippen molar-refractivity contribution in [3.63, 3.8) is 0 Å². The smallest absolute Gasteiger partial charge is 0.261 e. The number of carbonyl (C=O) groups excluding carboxylic acids is 2. The lowest BCUT2D eigenvalue weighted by molar-refractivity contribution is -0.142. The molecular formula is C28H29BrClFN2O3. The van der Waals surface area contributed by atoms with Gasteiger partial charge in [0.2, 0.25) is 5.91 Å². The highest BCUT2D eigenvalue weighted by molar-refractivity contribution is 9.10. The van der Waals surface area contributed by atoms with Gasteiger partial charge in [-0.3, -0.25) is 9.59 Å². The summed E-state index contributed by atoms with van der Waals surface area (Å²) in [6.07, 6.45) is 0.316. The number of halogens is 3. The van der Waals surface area contributed by atoms with E-state index in [0.29, 0.717) is 29.3 Å². The third kappa shape index (κ3) is 8.35. The van der Waals surface area contributed by atoms with Gasteiger partial charge in [0.05, 0.1) is 5.02 Å². The lowest BCUT2D eigenvalue weighted by atomic mass is 10.0. The standard InChI is InChI=1S/C28H29BrClFN2O3/c1-19(2)16-32-28(35)25(14-20-6-4-3-5-7-20)33(17-21-8-11-23(31)12-9-21)27(34)18-36-26-13-10-22(29)15-24(26)30/h3-13,15,19,25H,14,16-18H2,1-2H3,(H,32,35)/t25-/m0/s1. The van der Waals surface area contributed by atoms with Gasteiger partial charge in [-0.1, -0.05) is 83.8 Å². The summed E-state index contributed by atoms with van der Waals surface area (Å²) in [5, 5.41) is 3.32. The molecule has 0 aliphatic carbocycles. The van der Waals surface area contributed by atoms with Gasteiger partial charge in [-0.15, -0.1) is 0 Å². The minimum Gasteiger partial charge on any atom is -0.482 e. The maximum absolute atomic E-state index is 13.5. The molecule has 190 valence electrons. The quantitative estimate of drug-likeness (QED) is 0.304. The van der Waals surface area contributed by atoms with Crippen LogP contribution in [0.2, 0.25) is 5.02 Å². The number of carbonyl (C=O) groups is 2. The Hall–Kier alpha value is -2.90. The number of benzene rings is 3. The van der Waals surface area contributed by atoms with Crippen LogP contribution in [0, 0.1) is 11.7 Å². The third-order valence-corrected chi connectivity index (χ3v) is 6.26. The molecule has 0 saturated carbocycles. The van der Waals surface area contributed by atoms with E-state index in [4.69, 9.17) is 16.3 Å². The van der Waals surface area contributed by atoms with Crippen LogP contribution in [0.15, 0.2) is 77.3 Å². The summed E-state index contributed by atoms with van der Waals surface area (Å²) < 4.78 is 20.0. The zero-order valence-electron chi connectivity index (χ0n) is 20.2. The number of ether oxygens (including phenoxy) is 1. The molecule has 0 saturated heterocycles. The van der Waals surface area contributed by atoms with Crippen molar-refractivity contribution in [1.82, 2.24) is 10.2 Å². The predicted octanol–water partition coefficient (Wildman–Crippen LogP) is 6.03. The van der Waals surface area contributed by atoms with Crippen LogP contribution in [-0.4, -0.2) is 35.9 Å². The van der Waals surface area contributed by atoms with Crippen LogP contribution in [0.4, 0.5) is 4.39 Å². The van der Waals surface area contributed by atoms with Gasteiger partial charge in [-0.2, -0.15) is 0 Å². The van der Waals surface area contributed by atoms with E-state index in [1.165, 1.54) is 17.0 Å². The molecule has 0 bridgehead atoms. The Morgan fingerprint density at radius 3 is 2.36 bits per heavy atom. The summed E-state index contributed by atoms with van der Waals surface area (Å²) in [6.45, 7) is 4.29. The molecule has 36 heavy (non-hydrogen) atoms. The first-order valence-corrected chi connectivity index (χ1v) is 12.8. The molecule has 3 aromatic carbocycles. The average Bonchev–Trinajstić information content (AvgIpc) is 2.85. The third-order valence-electron chi connectivity index (χ3n) is 5.47. The summed E-state index contributed by atoms with van der Waals surface area (Å²) >= 11 is 9.60. The van der Waals surface area contributed by atoms with Crippen LogP contribution in [0.3, 0.4) is 0 Å². The van der Waals surface area contributed by atoms with Crippen molar-refractivity contribution in [2.75, 3.05) is 13.2 Å². The van der Waals surface area contributed by atoms with Crippen molar-refractivity contribution in [2.45, 2.75) is 32.9 Å². The summed E-state index contributed by atoms with van der Waals surface area (Å²) in [6, 6.07) is 19.7. The van der Waals surface area contributed by atoms with Crippen molar-refractivity contribution in [1.29, 1.82) is 0 Å². The number of amides is 2. The van der Waals surface area contributed by atoms with E-state index in [1.54, 1.807) is 30.3 Å². The van der Waals surface area contributed by atoms with E-state index < -0.39 is 6.04 Å². The van der Waals surface area contributed by atoms with Gasteiger partial charge in [0, 0.05) is 24.0 Å². The maximum atomic E-state index is 13.5. The number of nitrogens with zero attached hydrogens (tertiary/aromatic N) is 1. The molecule has 0 aromatic heterocycles. The normalized spacial score (nSPS) is 11.7. The van der Waals surface area contributed by atoms with E-state index in [9.17, 15) is 14.0 Å². The largest absolute Gasteiger partial charge is 0.482 e. The number of hydrogen-bond donors (Lipinski definition) is 1. The fraction of sp³-hybridized carbons (Fsp3) is 0.286. The van der Waals surface area contributed by atoms with Crippen molar-refractivity contribution >= 4 is 39.3 Å². The lowest BCUT2D eigenvalue weighted by Crippen LogP contribution is -2.52. The van der Waals surface area contributed by atoms with Gasteiger partial charge < -0.3 is 15.0 Å². The van der Waals surface area contributed by atoms with Crippen LogP contribution in [-0.2, 0) is 22.6 Å². The maximum Gasteiger partial charge on any atom is 0.261 e. The molecule has 1 N–H and O–H groups in total. The van der Waals surface area contributed by atoms with Gasteiger partial charge in [0.15, 0.2) is 6.61 Å². The number of hydrogen-bond acceptors (Lipinski definition) is 3. The molecule has 3 rings (SSSR count). The SMILES string of the molecule is CC(C)CNC(=O)[C@H](Cc1ccccc1)N(Cc1ccc(F)cc1)C(=O)COc1ccc(Br)cc1Cl. The summed E-state index contributed by atoms with van der Waals surface area (Å²) in [4.78, 5) is 28.4. The second kappa shape index (κ2) is 13.4. The molecule has 5 nitrogen and oxygen atoms in total. The summed E-state index contributed by atoms with van der Waals surface area (Å²) in [7, 11) is 0.